The monoisotopic (exact) mass is 287 g/mol. The van der Waals surface area contributed by atoms with E-state index in [0.29, 0.717) is 18.2 Å². The minimum atomic E-state index is -1.06. The Labute approximate surface area is 123 Å². The number of aryl methyl sites for hydroxylation is 1. The molecule has 0 aliphatic carbocycles. The fourth-order valence-electron chi connectivity index (χ4n) is 1.91. The molecule has 6 heteroatoms. The van der Waals surface area contributed by atoms with Crippen molar-refractivity contribution in [3.05, 3.63) is 47.3 Å². The Balaban J connectivity index is 2.19. The van der Waals surface area contributed by atoms with Crippen LogP contribution in [0.2, 0.25) is 0 Å². The Morgan fingerprint density at radius 1 is 1.29 bits per heavy atom. The van der Waals surface area contributed by atoms with E-state index in [1.54, 1.807) is 18.9 Å². The van der Waals surface area contributed by atoms with Crippen LogP contribution >= 0.6 is 0 Å². The molecule has 0 saturated heterocycles. The Bertz CT molecular complexity index is 641. The van der Waals surface area contributed by atoms with E-state index in [2.05, 4.69) is 9.97 Å². The first kappa shape index (κ1) is 14.8. The summed E-state index contributed by atoms with van der Waals surface area (Å²) in [5.41, 5.74) is 1.68. The molecule has 1 heterocycles. The Morgan fingerprint density at radius 2 is 1.95 bits per heavy atom. The van der Waals surface area contributed by atoms with E-state index in [-0.39, 0.29) is 5.69 Å². The van der Waals surface area contributed by atoms with Crippen LogP contribution in [0, 0.1) is 6.92 Å². The second-order valence-corrected chi connectivity index (χ2v) is 4.70. The smallest absolute Gasteiger partial charge is 0.354 e. The molecule has 110 valence electrons. The summed E-state index contributed by atoms with van der Waals surface area (Å²) in [6, 6.07) is 9.10. The lowest BCUT2D eigenvalue weighted by molar-refractivity contribution is 0.0690. The van der Waals surface area contributed by atoms with Crippen molar-refractivity contribution < 1.29 is 14.6 Å². The Kier molecular flexibility index (Phi) is 4.37. The summed E-state index contributed by atoms with van der Waals surface area (Å²) in [5.74, 6) is 0.129. The van der Waals surface area contributed by atoms with Crippen molar-refractivity contribution in [2.45, 2.75) is 13.5 Å². The van der Waals surface area contributed by atoms with Crippen molar-refractivity contribution in [2.75, 3.05) is 19.1 Å². The van der Waals surface area contributed by atoms with E-state index in [1.165, 1.54) is 6.07 Å². The first-order valence-corrected chi connectivity index (χ1v) is 6.42. The first-order valence-electron chi connectivity index (χ1n) is 6.42. The van der Waals surface area contributed by atoms with Gasteiger partial charge in [0, 0.05) is 19.3 Å². The molecule has 1 aromatic heterocycles. The third-order valence-corrected chi connectivity index (χ3v) is 2.98. The summed E-state index contributed by atoms with van der Waals surface area (Å²) in [7, 11) is 3.44. The lowest BCUT2D eigenvalue weighted by atomic mass is 10.2. The third-order valence-electron chi connectivity index (χ3n) is 2.98. The molecule has 0 unspecified atom stereocenters. The number of hydrogen-bond donors (Lipinski definition) is 1. The van der Waals surface area contributed by atoms with Crippen LogP contribution in [0.1, 0.15) is 21.7 Å². The number of carboxylic acids is 1. The summed E-state index contributed by atoms with van der Waals surface area (Å²) in [4.78, 5) is 21.2. The van der Waals surface area contributed by atoms with Gasteiger partial charge in [-0.3, -0.25) is 0 Å². The second-order valence-electron chi connectivity index (χ2n) is 4.70. The average Bonchev–Trinajstić information content (AvgIpc) is 2.47. The topological polar surface area (TPSA) is 75.5 Å². The molecule has 0 amide bonds. The number of hydrogen-bond acceptors (Lipinski definition) is 5. The van der Waals surface area contributed by atoms with Crippen LogP contribution in [0.3, 0.4) is 0 Å². The Hall–Kier alpha value is -2.63. The number of aromatic carboxylic acids is 1. The molecule has 6 nitrogen and oxygen atoms in total. The maximum absolute atomic E-state index is 11.0. The molecule has 2 rings (SSSR count). The predicted octanol–water partition coefficient (Wildman–Crippen LogP) is 2.13. The highest BCUT2D eigenvalue weighted by molar-refractivity contribution is 5.85. The van der Waals surface area contributed by atoms with Crippen molar-refractivity contribution >= 4 is 11.9 Å². The van der Waals surface area contributed by atoms with Gasteiger partial charge < -0.3 is 14.7 Å². The number of ether oxygens (including phenoxy) is 1. The third kappa shape index (κ3) is 3.68. The van der Waals surface area contributed by atoms with Crippen LogP contribution in [0.5, 0.6) is 5.75 Å². The SMILES string of the molecule is COc1ccc(CN(C)c2nc(C)cc(C(=O)O)n2)cc1. The number of anilines is 1. The number of methoxy groups -OCH3 is 1. The molecule has 0 aliphatic rings. The molecule has 0 fully saturated rings. The van der Waals surface area contributed by atoms with Crippen LogP contribution in [0.4, 0.5) is 5.95 Å². The molecule has 0 atom stereocenters. The zero-order chi connectivity index (χ0) is 15.4. The molecular weight excluding hydrogens is 270 g/mol. The second kappa shape index (κ2) is 6.21. The number of nitrogens with zero attached hydrogens (tertiary/aromatic N) is 3. The molecule has 0 saturated carbocycles. The van der Waals surface area contributed by atoms with Gasteiger partial charge in [0.1, 0.15) is 5.75 Å². The molecule has 2 aromatic rings. The fraction of sp³-hybridized carbons (Fsp3) is 0.267. The maximum Gasteiger partial charge on any atom is 0.354 e. The van der Waals surface area contributed by atoms with E-state index in [1.807, 2.05) is 31.3 Å². The molecule has 0 radical (unpaired) electrons. The van der Waals surface area contributed by atoms with Crippen molar-refractivity contribution in [3.63, 3.8) is 0 Å². The summed E-state index contributed by atoms with van der Waals surface area (Å²) in [6.07, 6.45) is 0. The van der Waals surface area contributed by atoms with E-state index < -0.39 is 5.97 Å². The van der Waals surface area contributed by atoms with Gasteiger partial charge in [0.2, 0.25) is 5.95 Å². The van der Waals surface area contributed by atoms with Gasteiger partial charge in [-0.05, 0) is 30.7 Å². The number of carbonyl (C=O) groups is 1. The van der Waals surface area contributed by atoms with Crippen LogP contribution in [-0.2, 0) is 6.54 Å². The lowest BCUT2D eigenvalue weighted by Gasteiger charge is -2.18. The van der Waals surface area contributed by atoms with Gasteiger partial charge in [0.05, 0.1) is 7.11 Å². The van der Waals surface area contributed by atoms with Gasteiger partial charge in [0.15, 0.2) is 5.69 Å². The molecule has 0 spiro atoms. The van der Waals surface area contributed by atoms with Crippen LogP contribution in [0.25, 0.3) is 0 Å². The number of aromatic nitrogens is 2. The molecular formula is C15H17N3O3. The summed E-state index contributed by atoms with van der Waals surface area (Å²) in [6.45, 7) is 2.32. The van der Waals surface area contributed by atoms with E-state index in [4.69, 9.17) is 9.84 Å². The van der Waals surface area contributed by atoms with Gasteiger partial charge in [-0.15, -0.1) is 0 Å². The van der Waals surface area contributed by atoms with Crippen LogP contribution < -0.4 is 9.64 Å². The summed E-state index contributed by atoms with van der Waals surface area (Å²) >= 11 is 0. The summed E-state index contributed by atoms with van der Waals surface area (Å²) in [5, 5.41) is 9.04. The predicted molar refractivity (Wildman–Crippen MR) is 78.8 cm³/mol. The minimum absolute atomic E-state index is 0.000851. The number of rotatable bonds is 5. The molecule has 0 aliphatic heterocycles. The van der Waals surface area contributed by atoms with Gasteiger partial charge in [-0.1, -0.05) is 12.1 Å². The number of benzene rings is 1. The van der Waals surface area contributed by atoms with Gasteiger partial charge >= 0.3 is 5.97 Å². The van der Waals surface area contributed by atoms with Gasteiger partial charge in [-0.25, -0.2) is 14.8 Å². The van der Waals surface area contributed by atoms with Gasteiger partial charge in [0.25, 0.3) is 0 Å². The Morgan fingerprint density at radius 3 is 2.52 bits per heavy atom. The normalized spacial score (nSPS) is 10.2. The summed E-state index contributed by atoms with van der Waals surface area (Å²) < 4.78 is 5.11. The average molecular weight is 287 g/mol. The maximum atomic E-state index is 11.0. The first-order chi connectivity index (χ1) is 9.99. The van der Waals surface area contributed by atoms with Crippen molar-refractivity contribution in [3.8, 4) is 5.75 Å². The number of carboxylic acid groups (broad SMARTS) is 1. The van der Waals surface area contributed by atoms with Crippen molar-refractivity contribution in [2.24, 2.45) is 0 Å². The van der Waals surface area contributed by atoms with E-state index in [9.17, 15) is 4.79 Å². The molecule has 1 N–H and O–H groups in total. The molecule has 21 heavy (non-hydrogen) atoms. The molecule has 1 aromatic carbocycles. The van der Waals surface area contributed by atoms with Crippen LogP contribution in [-0.4, -0.2) is 35.2 Å². The standard InChI is InChI=1S/C15H17N3O3/c1-10-8-13(14(19)20)17-15(16-10)18(2)9-11-4-6-12(21-3)7-5-11/h4-8H,9H2,1-3H3,(H,19,20). The highest BCUT2D eigenvalue weighted by Crippen LogP contribution is 2.15. The largest absolute Gasteiger partial charge is 0.497 e. The fourth-order valence-corrected chi connectivity index (χ4v) is 1.91. The van der Waals surface area contributed by atoms with E-state index >= 15 is 0 Å². The van der Waals surface area contributed by atoms with E-state index in [0.717, 1.165) is 11.3 Å². The zero-order valence-corrected chi connectivity index (χ0v) is 12.2. The quantitative estimate of drug-likeness (QED) is 0.908. The lowest BCUT2D eigenvalue weighted by Crippen LogP contribution is -2.20. The minimum Gasteiger partial charge on any atom is -0.497 e. The van der Waals surface area contributed by atoms with Crippen LogP contribution in [0.15, 0.2) is 30.3 Å². The zero-order valence-electron chi connectivity index (χ0n) is 12.2. The van der Waals surface area contributed by atoms with Gasteiger partial charge in [-0.2, -0.15) is 0 Å². The highest BCUT2D eigenvalue weighted by Gasteiger charge is 2.12. The molecule has 0 bridgehead atoms. The highest BCUT2D eigenvalue weighted by atomic mass is 16.5. The van der Waals surface area contributed by atoms with Crippen molar-refractivity contribution in [1.29, 1.82) is 0 Å². The van der Waals surface area contributed by atoms with Crippen molar-refractivity contribution in [1.82, 2.24) is 9.97 Å².